The van der Waals surface area contributed by atoms with Gasteiger partial charge in [-0.15, -0.1) is 0 Å². The highest BCUT2D eigenvalue weighted by Gasteiger charge is 2.34. The van der Waals surface area contributed by atoms with Crippen LogP contribution in [0.1, 0.15) is 66.1 Å². The van der Waals surface area contributed by atoms with Crippen LogP contribution >= 0.6 is 0 Å². The fraction of sp³-hybridized carbons (Fsp3) is 0.529. The summed E-state index contributed by atoms with van der Waals surface area (Å²) in [5.74, 6) is 1.06. The lowest BCUT2D eigenvalue weighted by Crippen LogP contribution is -2.33. The fourth-order valence-electron chi connectivity index (χ4n) is 3.23. The lowest BCUT2D eigenvalue weighted by molar-refractivity contribution is 0.0719. The molecule has 128 valence electrons. The molecule has 24 heavy (non-hydrogen) atoms. The Morgan fingerprint density at radius 2 is 2.21 bits per heavy atom. The van der Waals surface area contributed by atoms with E-state index >= 15 is 0 Å². The van der Waals surface area contributed by atoms with E-state index in [1.807, 2.05) is 20.8 Å². The van der Waals surface area contributed by atoms with Crippen LogP contribution in [-0.4, -0.2) is 32.5 Å². The molecule has 7 nitrogen and oxygen atoms in total. The molecule has 0 aliphatic carbocycles. The van der Waals surface area contributed by atoms with Crippen LogP contribution in [0.3, 0.4) is 0 Å². The molecule has 1 aliphatic heterocycles. The molecule has 1 saturated heterocycles. The van der Waals surface area contributed by atoms with Crippen molar-refractivity contribution in [2.45, 2.75) is 52.5 Å². The van der Waals surface area contributed by atoms with Crippen LogP contribution in [0.2, 0.25) is 0 Å². The summed E-state index contributed by atoms with van der Waals surface area (Å²) in [5, 5.41) is 3.86. The van der Waals surface area contributed by atoms with Gasteiger partial charge in [0.05, 0.1) is 6.04 Å². The van der Waals surface area contributed by atoms with Crippen LogP contribution in [0.15, 0.2) is 15.4 Å². The van der Waals surface area contributed by atoms with Gasteiger partial charge in [-0.05, 0) is 26.2 Å². The van der Waals surface area contributed by atoms with Crippen molar-refractivity contribution in [2.75, 3.05) is 6.54 Å². The third-order valence-electron chi connectivity index (χ3n) is 4.55. The Bertz CT molecular complexity index is 808. The van der Waals surface area contributed by atoms with E-state index in [-0.39, 0.29) is 17.5 Å². The van der Waals surface area contributed by atoms with Crippen molar-refractivity contribution < 1.29 is 9.32 Å². The third kappa shape index (κ3) is 2.86. The summed E-state index contributed by atoms with van der Waals surface area (Å²) in [6, 6.07) is 1.45. The molecule has 3 heterocycles. The van der Waals surface area contributed by atoms with Crippen molar-refractivity contribution in [2.24, 2.45) is 0 Å². The average Bonchev–Trinajstić information content (AvgIpc) is 3.23. The molecule has 7 heteroatoms. The van der Waals surface area contributed by atoms with Gasteiger partial charge in [0, 0.05) is 30.3 Å². The summed E-state index contributed by atoms with van der Waals surface area (Å²) in [5.41, 5.74) is 1.61. The summed E-state index contributed by atoms with van der Waals surface area (Å²) in [6.07, 6.45) is 2.97. The molecule has 0 aromatic carbocycles. The van der Waals surface area contributed by atoms with Gasteiger partial charge >= 0.3 is 0 Å². The third-order valence-corrected chi connectivity index (χ3v) is 4.55. The number of nitrogens with zero attached hydrogens (tertiary/aromatic N) is 3. The van der Waals surface area contributed by atoms with E-state index in [0.29, 0.717) is 42.2 Å². The first kappa shape index (κ1) is 16.4. The van der Waals surface area contributed by atoms with E-state index in [2.05, 4.69) is 15.1 Å². The quantitative estimate of drug-likeness (QED) is 0.927. The van der Waals surface area contributed by atoms with Crippen LogP contribution in [-0.2, 0) is 12.8 Å². The second-order valence-corrected chi connectivity index (χ2v) is 6.06. The second-order valence-electron chi connectivity index (χ2n) is 6.06. The summed E-state index contributed by atoms with van der Waals surface area (Å²) in [4.78, 5) is 34.1. The van der Waals surface area contributed by atoms with Crippen molar-refractivity contribution in [3.63, 3.8) is 0 Å². The Labute approximate surface area is 140 Å². The zero-order chi connectivity index (χ0) is 17.3. The van der Waals surface area contributed by atoms with Crippen LogP contribution in [0.5, 0.6) is 0 Å². The van der Waals surface area contributed by atoms with Crippen LogP contribution in [0.4, 0.5) is 0 Å². The average molecular weight is 330 g/mol. The second kappa shape index (κ2) is 6.59. The fourth-order valence-corrected chi connectivity index (χ4v) is 3.23. The zero-order valence-corrected chi connectivity index (χ0v) is 14.3. The van der Waals surface area contributed by atoms with Gasteiger partial charge in [0.15, 0.2) is 5.69 Å². The normalized spacial score (nSPS) is 17.5. The molecule has 0 bridgehead atoms. The van der Waals surface area contributed by atoms with E-state index in [4.69, 9.17) is 4.52 Å². The molecule has 1 aliphatic rings. The Hall–Kier alpha value is -2.44. The number of aromatic amines is 1. The van der Waals surface area contributed by atoms with Gasteiger partial charge in [-0.25, -0.2) is 4.98 Å². The molecule has 1 atom stereocenters. The number of amides is 1. The number of hydrogen-bond donors (Lipinski definition) is 1. The van der Waals surface area contributed by atoms with E-state index in [1.165, 1.54) is 0 Å². The van der Waals surface area contributed by atoms with E-state index < -0.39 is 0 Å². The van der Waals surface area contributed by atoms with Crippen LogP contribution < -0.4 is 5.56 Å². The Morgan fingerprint density at radius 1 is 1.42 bits per heavy atom. The highest BCUT2D eigenvalue weighted by Crippen LogP contribution is 2.31. The molecule has 2 aromatic rings. The molecule has 0 unspecified atom stereocenters. The minimum Gasteiger partial charge on any atom is -0.361 e. The minimum atomic E-state index is -0.225. The van der Waals surface area contributed by atoms with Crippen LogP contribution in [0.25, 0.3) is 0 Å². The number of H-pyrrole nitrogens is 1. The first-order valence-corrected chi connectivity index (χ1v) is 8.41. The number of carbonyl (C=O) groups is 1. The van der Waals surface area contributed by atoms with Gasteiger partial charge in [0.1, 0.15) is 11.6 Å². The predicted octanol–water partition coefficient (Wildman–Crippen LogP) is 2.17. The first-order chi connectivity index (χ1) is 11.5. The maximum atomic E-state index is 12.7. The highest BCUT2D eigenvalue weighted by atomic mass is 16.5. The van der Waals surface area contributed by atoms with E-state index in [0.717, 1.165) is 18.5 Å². The summed E-state index contributed by atoms with van der Waals surface area (Å²) >= 11 is 0. The van der Waals surface area contributed by atoms with Gasteiger partial charge in [-0.3, -0.25) is 9.59 Å². The van der Waals surface area contributed by atoms with Crippen molar-refractivity contribution >= 4 is 5.91 Å². The molecule has 3 rings (SSSR count). The molecular formula is C17H22N4O3. The smallest absolute Gasteiger partial charge is 0.276 e. The molecule has 2 aromatic heterocycles. The first-order valence-electron chi connectivity index (χ1n) is 8.41. The largest absolute Gasteiger partial charge is 0.361 e. The molecule has 1 amide bonds. The van der Waals surface area contributed by atoms with Gasteiger partial charge in [0.2, 0.25) is 0 Å². The van der Waals surface area contributed by atoms with Gasteiger partial charge in [0.25, 0.3) is 11.5 Å². The number of rotatable bonds is 4. The molecule has 0 saturated carbocycles. The van der Waals surface area contributed by atoms with Crippen molar-refractivity contribution in [3.8, 4) is 0 Å². The van der Waals surface area contributed by atoms with Crippen molar-refractivity contribution in [1.82, 2.24) is 20.0 Å². The SMILES string of the molecule is CCc1cc(C(=O)N2CCC[C@H]2c2nc(C)c(CC)c(=O)[nH]2)no1. The van der Waals surface area contributed by atoms with E-state index in [9.17, 15) is 9.59 Å². The summed E-state index contributed by atoms with van der Waals surface area (Å²) in [7, 11) is 0. The number of hydrogen-bond acceptors (Lipinski definition) is 5. The summed E-state index contributed by atoms with van der Waals surface area (Å²) in [6.45, 7) is 6.33. The Kier molecular flexibility index (Phi) is 4.51. The maximum absolute atomic E-state index is 12.7. The lowest BCUT2D eigenvalue weighted by Gasteiger charge is -2.23. The standard InChI is InChI=1S/C17H22N4O3/c1-4-11-9-13(20-24-11)17(23)21-8-6-7-14(21)15-18-10(3)12(5-2)16(22)19-15/h9,14H,4-8H2,1-3H3,(H,18,19,22)/t14-/m0/s1. The summed E-state index contributed by atoms with van der Waals surface area (Å²) < 4.78 is 5.13. The Balaban J connectivity index is 1.90. The molecule has 0 spiro atoms. The van der Waals surface area contributed by atoms with Gasteiger partial charge in [-0.1, -0.05) is 19.0 Å². The molecule has 1 fully saturated rings. The zero-order valence-electron chi connectivity index (χ0n) is 14.3. The topological polar surface area (TPSA) is 92.1 Å². The Morgan fingerprint density at radius 3 is 2.83 bits per heavy atom. The minimum absolute atomic E-state index is 0.117. The number of likely N-dealkylation sites (tertiary alicyclic amines) is 1. The number of aromatic nitrogens is 3. The van der Waals surface area contributed by atoms with Crippen molar-refractivity contribution in [3.05, 3.63) is 45.0 Å². The van der Waals surface area contributed by atoms with Gasteiger partial charge in [-0.2, -0.15) is 0 Å². The van der Waals surface area contributed by atoms with Gasteiger partial charge < -0.3 is 14.4 Å². The predicted molar refractivity (Wildman–Crippen MR) is 87.9 cm³/mol. The monoisotopic (exact) mass is 330 g/mol. The molecular weight excluding hydrogens is 308 g/mol. The molecule has 1 N–H and O–H groups in total. The van der Waals surface area contributed by atoms with E-state index in [1.54, 1.807) is 11.0 Å². The number of nitrogens with one attached hydrogen (secondary N) is 1. The number of carbonyl (C=O) groups excluding carboxylic acids is 1. The van der Waals surface area contributed by atoms with Crippen LogP contribution in [0, 0.1) is 6.92 Å². The number of aryl methyl sites for hydroxylation is 2. The maximum Gasteiger partial charge on any atom is 0.276 e. The highest BCUT2D eigenvalue weighted by molar-refractivity contribution is 5.92. The molecule has 0 radical (unpaired) electrons. The lowest BCUT2D eigenvalue weighted by atomic mass is 10.1. The van der Waals surface area contributed by atoms with Crippen molar-refractivity contribution in [1.29, 1.82) is 0 Å².